The minimum absolute atomic E-state index is 0.143. The van der Waals surface area contributed by atoms with Crippen molar-refractivity contribution in [2.45, 2.75) is 26.0 Å². The van der Waals surface area contributed by atoms with Crippen molar-refractivity contribution in [3.63, 3.8) is 0 Å². The molecule has 1 atom stereocenters. The van der Waals surface area contributed by atoms with E-state index in [9.17, 15) is 4.79 Å². The summed E-state index contributed by atoms with van der Waals surface area (Å²) in [5, 5.41) is 0. The highest BCUT2D eigenvalue weighted by Gasteiger charge is 2.06. The number of rotatable bonds is 3. The molecule has 0 rings (SSSR count). The zero-order valence-electron chi connectivity index (χ0n) is 6.81. The van der Waals surface area contributed by atoms with Crippen LogP contribution in [0.5, 0.6) is 0 Å². The van der Waals surface area contributed by atoms with Crippen LogP contribution < -0.4 is 0 Å². The Hall–Kier alpha value is -0.573. The number of carbonyl (C=O) groups excluding carboxylic acids is 1. The van der Waals surface area contributed by atoms with E-state index in [1.807, 2.05) is 6.92 Å². The van der Waals surface area contributed by atoms with Gasteiger partial charge < -0.3 is 4.74 Å². The molecule has 10 heavy (non-hydrogen) atoms. The molecular formula is C7H14O2Si. The van der Waals surface area contributed by atoms with Crippen molar-refractivity contribution >= 4 is 16.2 Å². The van der Waals surface area contributed by atoms with Gasteiger partial charge in [-0.2, -0.15) is 0 Å². The first-order chi connectivity index (χ1) is 4.57. The molecule has 0 aliphatic carbocycles. The van der Waals surface area contributed by atoms with E-state index in [0.29, 0.717) is 5.57 Å². The molecule has 58 valence electrons. The van der Waals surface area contributed by atoms with Crippen LogP contribution in [0.2, 0.25) is 0 Å². The largest absolute Gasteiger partial charge is 0.464 e. The molecule has 0 aliphatic heterocycles. The van der Waals surface area contributed by atoms with E-state index in [1.54, 1.807) is 6.92 Å². The maximum atomic E-state index is 10.8. The standard InChI is InChI=1S/C7H14O2Si/c1-4-6(10)9-7(8)5(2)3/h6H,2,4H2,1,3,10H3. The lowest BCUT2D eigenvalue weighted by Gasteiger charge is -2.09. The SMILES string of the molecule is C=C(C)C(=O)OC([SiH3])CC. The molecule has 3 heteroatoms. The fraction of sp³-hybridized carbons (Fsp3) is 0.571. The predicted molar refractivity (Wildman–Crippen MR) is 44.9 cm³/mol. The molecule has 0 spiro atoms. The van der Waals surface area contributed by atoms with Crippen LogP contribution in [0, 0.1) is 0 Å². The van der Waals surface area contributed by atoms with Gasteiger partial charge in [0.15, 0.2) is 0 Å². The van der Waals surface area contributed by atoms with Crippen LogP contribution in [0.15, 0.2) is 12.2 Å². The molecule has 1 unspecified atom stereocenters. The monoisotopic (exact) mass is 158 g/mol. The summed E-state index contributed by atoms with van der Waals surface area (Å²) < 4.78 is 4.98. The van der Waals surface area contributed by atoms with E-state index in [1.165, 1.54) is 0 Å². The Morgan fingerprint density at radius 3 is 2.60 bits per heavy atom. The molecule has 0 saturated heterocycles. The summed E-state index contributed by atoms with van der Waals surface area (Å²) in [7, 11) is 0.899. The van der Waals surface area contributed by atoms with Gasteiger partial charge in [0.2, 0.25) is 0 Å². The summed E-state index contributed by atoms with van der Waals surface area (Å²) >= 11 is 0. The summed E-state index contributed by atoms with van der Waals surface area (Å²) in [6.45, 7) is 7.15. The highest BCUT2D eigenvalue weighted by atomic mass is 28.1. The van der Waals surface area contributed by atoms with Crippen LogP contribution in [-0.4, -0.2) is 21.9 Å². The predicted octanol–water partition coefficient (Wildman–Crippen LogP) is 0.207. The molecule has 0 heterocycles. The Kier molecular flexibility index (Phi) is 4.03. The van der Waals surface area contributed by atoms with Crippen LogP contribution in [0.1, 0.15) is 20.3 Å². The lowest BCUT2D eigenvalue weighted by atomic mass is 10.4. The fourth-order valence-corrected chi connectivity index (χ4v) is 0.581. The van der Waals surface area contributed by atoms with Crippen molar-refractivity contribution in [1.82, 2.24) is 0 Å². The second kappa shape index (κ2) is 4.28. The van der Waals surface area contributed by atoms with E-state index in [2.05, 4.69) is 6.58 Å². The zero-order valence-corrected chi connectivity index (χ0v) is 8.81. The molecule has 0 radical (unpaired) electrons. The van der Waals surface area contributed by atoms with Gasteiger partial charge in [0.1, 0.15) is 0 Å². The average molecular weight is 158 g/mol. The van der Waals surface area contributed by atoms with Gasteiger partial charge in [-0.25, -0.2) is 4.79 Å². The Morgan fingerprint density at radius 1 is 1.80 bits per heavy atom. The minimum Gasteiger partial charge on any atom is -0.464 e. The van der Waals surface area contributed by atoms with Crippen LogP contribution in [0.4, 0.5) is 0 Å². The third kappa shape index (κ3) is 3.45. The fourth-order valence-electron chi connectivity index (χ4n) is 0.367. The van der Waals surface area contributed by atoms with Crippen molar-refractivity contribution < 1.29 is 9.53 Å². The minimum atomic E-state index is -0.262. The molecule has 0 N–H and O–H groups in total. The number of ether oxygens (including phenoxy) is 1. The molecule has 0 aromatic heterocycles. The van der Waals surface area contributed by atoms with E-state index < -0.39 is 0 Å². The Labute approximate surface area is 64.7 Å². The van der Waals surface area contributed by atoms with E-state index in [-0.39, 0.29) is 11.7 Å². The molecule has 0 saturated carbocycles. The topological polar surface area (TPSA) is 26.3 Å². The summed E-state index contributed by atoms with van der Waals surface area (Å²) in [6.07, 6.45) is 0.908. The maximum absolute atomic E-state index is 10.8. The van der Waals surface area contributed by atoms with Crippen molar-refractivity contribution in [2.24, 2.45) is 0 Å². The smallest absolute Gasteiger partial charge is 0.333 e. The first kappa shape index (κ1) is 9.43. The second-order valence-corrected chi connectivity index (χ2v) is 3.69. The van der Waals surface area contributed by atoms with Gasteiger partial charge in [-0.05, 0) is 13.3 Å². The van der Waals surface area contributed by atoms with Gasteiger partial charge in [0.05, 0.1) is 16.0 Å². The lowest BCUT2D eigenvalue weighted by molar-refractivity contribution is -0.140. The molecular weight excluding hydrogens is 144 g/mol. The Balaban J connectivity index is 3.68. The highest BCUT2D eigenvalue weighted by molar-refractivity contribution is 6.12. The number of hydrogen-bond donors (Lipinski definition) is 0. The third-order valence-corrected chi connectivity index (χ3v) is 2.28. The van der Waals surface area contributed by atoms with Crippen molar-refractivity contribution in [1.29, 1.82) is 0 Å². The van der Waals surface area contributed by atoms with Crippen LogP contribution in [0.3, 0.4) is 0 Å². The highest BCUT2D eigenvalue weighted by Crippen LogP contribution is 1.97. The summed E-state index contributed by atoms with van der Waals surface area (Å²) in [5.41, 5.74) is 0.624. The van der Waals surface area contributed by atoms with Crippen LogP contribution in [-0.2, 0) is 9.53 Å². The molecule has 0 bridgehead atoms. The van der Waals surface area contributed by atoms with Crippen LogP contribution >= 0.6 is 0 Å². The van der Waals surface area contributed by atoms with Gasteiger partial charge in [-0.15, -0.1) is 0 Å². The molecule has 0 aromatic carbocycles. The van der Waals surface area contributed by atoms with Crippen molar-refractivity contribution in [2.75, 3.05) is 0 Å². The van der Waals surface area contributed by atoms with Gasteiger partial charge in [-0.1, -0.05) is 13.5 Å². The average Bonchev–Trinajstić information content (AvgIpc) is 1.87. The first-order valence-electron chi connectivity index (χ1n) is 3.44. The molecule has 0 amide bonds. The van der Waals surface area contributed by atoms with Gasteiger partial charge >= 0.3 is 5.97 Å². The number of hydrogen-bond acceptors (Lipinski definition) is 2. The zero-order chi connectivity index (χ0) is 8.15. The summed E-state index contributed by atoms with van der Waals surface area (Å²) in [5.74, 6) is -0.262. The summed E-state index contributed by atoms with van der Waals surface area (Å²) in [6, 6.07) is 0. The quantitative estimate of drug-likeness (QED) is 0.333. The molecule has 0 aromatic rings. The van der Waals surface area contributed by atoms with E-state index in [0.717, 1.165) is 16.7 Å². The summed E-state index contributed by atoms with van der Waals surface area (Å²) in [4.78, 5) is 10.8. The van der Waals surface area contributed by atoms with E-state index >= 15 is 0 Å². The lowest BCUT2D eigenvalue weighted by Crippen LogP contribution is -2.17. The molecule has 2 nitrogen and oxygen atoms in total. The van der Waals surface area contributed by atoms with Gasteiger partial charge in [0, 0.05) is 5.57 Å². The van der Waals surface area contributed by atoms with Gasteiger partial charge in [0.25, 0.3) is 0 Å². The third-order valence-electron chi connectivity index (χ3n) is 1.23. The Bertz CT molecular complexity index is 143. The molecule has 0 aliphatic rings. The maximum Gasteiger partial charge on any atom is 0.333 e. The normalized spacial score (nSPS) is 12.6. The number of esters is 1. The van der Waals surface area contributed by atoms with Crippen molar-refractivity contribution in [3.8, 4) is 0 Å². The van der Waals surface area contributed by atoms with Gasteiger partial charge in [-0.3, -0.25) is 0 Å². The van der Waals surface area contributed by atoms with Crippen LogP contribution in [0.25, 0.3) is 0 Å². The molecule has 0 fully saturated rings. The van der Waals surface area contributed by atoms with E-state index in [4.69, 9.17) is 4.74 Å². The first-order valence-corrected chi connectivity index (χ1v) is 4.59. The Morgan fingerprint density at radius 2 is 2.30 bits per heavy atom. The number of carbonyl (C=O) groups is 1. The van der Waals surface area contributed by atoms with Crippen molar-refractivity contribution in [3.05, 3.63) is 12.2 Å². The second-order valence-electron chi connectivity index (χ2n) is 2.40.